The highest BCUT2D eigenvalue weighted by molar-refractivity contribution is 7.89. The van der Waals surface area contributed by atoms with E-state index >= 15 is 0 Å². The molecule has 146 valence electrons. The summed E-state index contributed by atoms with van der Waals surface area (Å²) in [6.45, 7) is 4.22. The van der Waals surface area contributed by atoms with Gasteiger partial charge in [0.2, 0.25) is 10.0 Å². The van der Waals surface area contributed by atoms with Crippen LogP contribution in [0.25, 0.3) is 0 Å². The molecule has 2 aromatic rings. The summed E-state index contributed by atoms with van der Waals surface area (Å²) in [6, 6.07) is 9.03. The molecule has 0 amide bonds. The highest BCUT2D eigenvalue weighted by atomic mass is 32.2. The molecule has 1 N–H and O–H groups in total. The third-order valence-electron chi connectivity index (χ3n) is 4.82. The Kier molecular flexibility index (Phi) is 5.78. The fourth-order valence-corrected chi connectivity index (χ4v) is 4.94. The molecule has 0 aromatic heterocycles. The number of hydrogen-bond acceptors (Lipinski definition) is 3. The third-order valence-corrected chi connectivity index (χ3v) is 6.77. The maximum atomic E-state index is 13.9. The minimum Gasteiger partial charge on any atom is -0.496 e. The van der Waals surface area contributed by atoms with Gasteiger partial charge in [0.15, 0.2) is 4.90 Å². The van der Waals surface area contributed by atoms with Crippen molar-refractivity contribution in [2.24, 2.45) is 0 Å². The first-order chi connectivity index (χ1) is 12.8. The summed E-state index contributed by atoms with van der Waals surface area (Å²) in [4.78, 5) is 0.327. The topological polar surface area (TPSA) is 51.1 Å². The van der Waals surface area contributed by atoms with Gasteiger partial charge in [0, 0.05) is 5.56 Å². The lowest BCUT2D eigenvalue weighted by Crippen LogP contribution is -3.13. The number of methoxy groups -OCH3 is 1. The first kappa shape index (κ1) is 19.7. The Morgan fingerprint density at radius 2 is 1.74 bits per heavy atom. The first-order valence-electron chi connectivity index (χ1n) is 8.74. The highest BCUT2D eigenvalue weighted by Gasteiger charge is 2.34. The number of sulfonamides is 1. The Bertz CT molecular complexity index is 906. The monoisotopic (exact) mass is 397 g/mol. The van der Waals surface area contributed by atoms with E-state index in [-0.39, 0.29) is 13.1 Å². The molecule has 0 aliphatic carbocycles. The Balaban J connectivity index is 1.71. The number of rotatable bonds is 5. The van der Waals surface area contributed by atoms with E-state index in [2.05, 4.69) is 6.07 Å². The quantitative estimate of drug-likeness (QED) is 0.829. The van der Waals surface area contributed by atoms with E-state index in [4.69, 9.17) is 4.74 Å². The van der Waals surface area contributed by atoms with E-state index in [0.717, 1.165) is 39.4 Å². The number of nitrogens with zero attached hydrogens (tertiary/aromatic N) is 1. The first-order valence-corrected chi connectivity index (χ1v) is 10.2. The summed E-state index contributed by atoms with van der Waals surface area (Å²) in [5.74, 6) is -1.32. The number of nitrogens with one attached hydrogen (secondary N) is 1. The van der Waals surface area contributed by atoms with Crippen molar-refractivity contribution in [2.45, 2.75) is 18.4 Å². The molecule has 3 rings (SSSR count). The van der Waals surface area contributed by atoms with E-state index < -0.39 is 26.6 Å². The lowest BCUT2D eigenvalue weighted by Gasteiger charge is -2.32. The molecule has 2 aromatic carbocycles. The molecule has 8 heteroatoms. The second kappa shape index (κ2) is 7.92. The van der Waals surface area contributed by atoms with Crippen molar-refractivity contribution < 1.29 is 26.8 Å². The average molecular weight is 397 g/mol. The van der Waals surface area contributed by atoms with Crippen LogP contribution in [0.5, 0.6) is 5.75 Å². The minimum atomic E-state index is -4.19. The molecule has 1 saturated heterocycles. The molecule has 0 spiro atoms. The van der Waals surface area contributed by atoms with Gasteiger partial charge in [-0.05, 0) is 31.2 Å². The molecule has 27 heavy (non-hydrogen) atoms. The summed E-state index contributed by atoms with van der Waals surface area (Å²) < 4.78 is 59.7. The van der Waals surface area contributed by atoms with Crippen LogP contribution in [0.15, 0.2) is 41.3 Å². The molecule has 1 aliphatic heterocycles. The van der Waals surface area contributed by atoms with Crippen LogP contribution in [0, 0.1) is 18.6 Å². The molecule has 0 radical (unpaired) electrons. The van der Waals surface area contributed by atoms with E-state index in [9.17, 15) is 17.2 Å². The Morgan fingerprint density at radius 3 is 2.33 bits per heavy atom. The van der Waals surface area contributed by atoms with Crippen LogP contribution in [0.2, 0.25) is 0 Å². The summed E-state index contributed by atoms with van der Waals surface area (Å²) in [6.07, 6.45) is 0. The molecule has 0 saturated carbocycles. The Morgan fingerprint density at radius 1 is 1.11 bits per heavy atom. The Labute approximate surface area is 158 Å². The summed E-state index contributed by atoms with van der Waals surface area (Å²) >= 11 is 0. The molecule has 0 atom stereocenters. The molecule has 0 unspecified atom stereocenters. The predicted molar refractivity (Wildman–Crippen MR) is 97.2 cm³/mol. The van der Waals surface area contributed by atoms with Gasteiger partial charge in [-0.2, -0.15) is 4.31 Å². The van der Waals surface area contributed by atoms with Gasteiger partial charge in [0.25, 0.3) is 0 Å². The SMILES string of the molecule is COc1ccc(C)cc1C[NH+]1CCN(S(=O)(=O)c2c(F)cccc2F)CC1. The van der Waals surface area contributed by atoms with E-state index in [1.807, 2.05) is 19.1 Å². The minimum absolute atomic E-state index is 0.208. The fraction of sp³-hybridized carbons (Fsp3) is 0.368. The van der Waals surface area contributed by atoms with Crippen LogP contribution in [0.3, 0.4) is 0 Å². The maximum Gasteiger partial charge on any atom is 0.249 e. The van der Waals surface area contributed by atoms with Gasteiger partial charge in [-0.15, -0.1) is 0 Å². The zero-order valence-corrected chi connectivity index (χ0v) is 16.2. The Hall–Kier alpha value is -2.03. The van der Waals surface area contributed by atoms with Crippen molar-refractivity contribution in [3.05, 3.63) is 59.2 Å². The van der Waals surface area contributed by atoms with Gasteiger partial charge in [-0.3, -0.25) is 0 Å². The van der Waals surface area contributed by atoms with Gasteiger partial charge in [-0.1, -0.05) is 17.7 Å². The number of benzene rings is 2. The van der Waals surface area contributed by atoms with Gasteiger partial charge in [0.1, 0.15) is 23.9 Å². The second-order valence-electron chi connectivity index (χ2n) is 6.70. The molecule has 0 bridgehead atoms. The number of halogens is 2. The van der Waals surface area contributed by atoms with Crippen LogP contribution in [-0.4, -0.2) is 46.0 Å². The zero-order valence-electron chi connectivity index (χ0n) is 15.3. The zero-order chi connectivity index (χ0) is 19.6. The summed E-state index contributed by atoms with van der Waals surface area (Å²) in [5.41, 5.74) is 2.19. The fourth-order valence-electron chi connectivity index (χ4n) is 3.39. The number of hydrogen-bond donors (Lipinski definition) is 1. The van der Waals surface area contributed by atoms with Crippen LogP contribution in [-0.2, 0) is 16.6 Å². The lowest BCUT2D eigenvalue weighted by atomic mass is 10.1. The third kappa shape index (κ3) is 4.12. The molecule has 1 heterocycles. The van der Waals surface area contributed by atoms with Gasteiger partial charge < -0.3 is 9.64 Å². The normalized spacial score (nSPS) is 16.4. The van der Waals surface area contributed by atoms with E-state index in [1.54, 1.807) is 7.11 Å². The number of quaternary nitrogens is 1. The second-order valence-corrected chi connectivity index (χ2v) is 8.57. The van der Waals surface area contributed by atoms with E-state index in [0.29, 0.717) is 19.6 Å². The van der Waals surface area contributed by atoms with Crippen LogP contribution >= 0.6 is 0 Å². The number of piperazine rings is 1. The van der Waals surface area contributed by atoms with Crippen molar-refractivity contribution >= 4 is 10.0 Å². The van der Waals surface area contributed by atoms with Crippen LogP contribution in [0.1, 0.15) is 11.1 Å². The van der Waals surface area contributed by atoms with E-state index in [1.165, 1.54) is 4.90 Å². The van der Waals surface area contributed by atoms with Crippen molar-refractivity contribution in [3.63, 3.8) is 0 Å². The molecule has 5 nitrogen and oxygen atoms in total. The molecule has 1 fully saturated rings. The van der Waals surface area contributed by atoms with Crippen molar-refractivity contribution in [1.82, 2.24) is 4.31 Å². The molecular formula is C19H23F2N2O3S+. The van der Waals surface area contributed by atoms with Crippen molar-refractivity contribution in [1.29, 1.82) is 0 Å². The highest BCUT2D eigenvalue weighted by Crippen LogP contribution is 2.23. The largest absolute Gasteiger partial charge is 0.496 e. The predicted octanol–water partition coefficient (Wildman–Crippen LogP) is 1.37. The smallest absolute Gasteiger partial charge is 0.249 e. The van der Waals surface area contributed by atoms with Gasteiger partial charge in [0.05, 0.1) is 33.3 Å². The number of ether oxygens (including phenoxy) is 1. The maximum absolute atomic E-state index is 13.9. The van der Waals surface area contributed by atoms with Crippen molar-refractivity contribution in [3.8, 4) is 5.75 Å². The standard InChI is InChI=1S/C19H22F2N2O3S/c1-14-6-7-18(26-2)15(12-14)13-22-8-10-23(11-9-22)27(24,25)19-16(20)4-3-5-17(19)21/h3-7,12H,8-11,13H2,1-2H3/p+1. The van der Waals surface area contributed by atoms with Gasteiger partial charge >= 0.3 is 0 Å². The lowest BCUT2D eigenvalue weighted by molar-refractivity contribution is -0.917. The number of aryl methyl sites for hydroxylation is 1. The van der Waals surface area contributed by atoms with Crippen LogP contribution < -0.4 is 9.64 Å². The van der Waals surface area contributed by atoms with Crippen molar-refractivity contribution in [2.75, 3.05) is 33.3 Å². The van der Waals surface area contributed by atoms with Crippen LogP contribution in [0.4, 0.5) is 8.78 Å². The average Bonchev–Trinajstić information content (AvgIpc) is 2.62. The summed E-state index contributed by atoms with van der Waals surface area (Å²) in [7, 11) is -2.57. The summed E-state index contributed by atoms with van der Waals surface area (Å²) in [5, 5.41) is 0. The molecular weight excluding hydrogens is 374 g/mol. The van der Waals surface area contributed by atoms with Gasteiger partial charge in [-0.25, -0.2) is 17.2 Å². The molecule has 1 aliphatic rings.